The van der Waals surface area contributed by atoms with Gasteiger partial charge >= 0.3 is 0 Å². The van der Waals surface area contributed by atoms with Crippen LogP contribution in [0.3, 0.4) is 0 Å². The summed E-state index contributed by atoms with van der Waals surface area (Å²) in [5.41, 5.74) is 1.06. The van der Waals surface area contributed by atoms with Crippen LogP contribution in [0, 0.1) is 11.7 Å². The first kappa shape index (κ1) is 16.1. The zero-order chi connectivity index (χ0) is 16.1. The standard InChI is InChI=1S/C18H21FN2OS/c19-15-8-6-13(7-9-15)10-16-11-20-17(23-16)12-21-18(22)14-4-2-1-3-5-14/h6-9,11,14H,1-5,10,12H2,(H,21,22). The van der Waals surface area contributed by atoms with E-state index in [4.69, 9.17) is 0 Å². The smallest absolute Gasteiger partial charge is 0.223 e. The minimum Gasteiger partial charge on any atom is -0.349 e. The quantitative estimate of drug-likeness (QED) is 0.897. The number of thiazole rings is 1. The topological polar surface area (TPSA) is 42.0 Å². The van der Waals surface area contributed by atoms with Crippen molar-refractivity contribution in [3.05, 3.63) is 51.7 Å². The van der Waals surface area contributed by atoms with E-state index < -0.39 is 0 Å². The number of amides is 1. The summed E-state index contributed by atoms with van der Waals surface area (Å²) in [4.78, 5) is 17.6. The van der Waals surface area contributed by atoms with E-state index in [0.717, 1.165) is 47.6 Å². The summed E-state index contributed by atoms with van der Waals surface area (Å²) >= 11 is 1.60. The summed E-state index contributed by atoms with van der Waals surface area (Å²) in [5, 5.41) is 3.94. The van der Waals surface area contributed by atoms with Crippen molar-refractivity contribution in [2.24, 2.45) is 5.92 Å². The number of rotatable bonds is 5. The van der Waals surface area contributed by atoms with E-state index in [1.54, 1.807) is 23.5 Å². The molecule has 3 nitrogen and oxygen atoms in total. The number of carbonyl (C=O) groups is 1. The summed E-state index contributed by atoms with van der Waals surface area (Å²) in [7, 11) is 0. The van der Waals surface area contributed by atoms with Crippen LogP contribution in [0.1, 0.15) is 47.6 Å². The van der Waals surface area contributed by atoms with Crippen LogP contribution in [-0.4, -0.2) is 10.9 Å². The Labute approximate surface area is 140 Å². The van der Waals surface area contributed by atoms with E-state index >= 15 is 0 Å². The molecule has 3 rings (SSSR count). The Morgan fingerprint density at radius 2 is 1.96 bits per heavy atom. The second-order valence-corrected chi connectivity index (χ2v) is 7.28. The van der Waals surface area contributed by atoms with Gasteiger partial charge in [-0.15, -0.1) is 11.3 Å². The van der Waals surface area contributed by atoms with Crippen molar-refractivity contribution in [2.45, 2.75) is 45.1 Å². The second-order valence-electron chi connectivity index (χ2n) is 6.08. The molecule has 0 atom stereocenters. The van der Waals surface area contributed by atoms with Crippen LogP contribution < -0.4 is 5.32 Å². The molecule has 0 spiro atoms. The molecule has 1 aromatic heterocycles. The minimum absolute atomic E-state index is 0.167. The first-order chi connectivity index (χ1) is 11.2. The van der Waals surface area contributed by atoms with Gasteiger partial charge in [-0.1, -0.05) is 31.4 Å². The van der Waals surface area contributed by atoms with Crippen molar-refractivity contribution in [1.29, 1.82) is 0 Å². The third-order valence-corrected chi connectivity index (χ3v) is 5.28. The van der Waals surface area contributed by atoms with E-state index in [-0.39, 0.29) is 17.6 Å². The van der Waals surface area contributed by atoms with Crippen molar-refractivity contribution in [2.75, 3.05) is 0 Å². The molecule has 1 N–H and O–H groups in total. The number of carbonyl (C=O) groups excluding carboxylic acids is 1. The number of halogens is 1. The lowest BCUT2D eigenvalue weighted by molar-refractivity contribution is -0.126. The van der Waals surface area contributed by atoms with E-state index in [9.17, 15) is 9.18 Å². The molecular weight excluding hydrogens is 311 g/mol. The molecule has 0 aliphatic heterocycles. The van der Waals surface area contributed by atoms with Crippen LogP contribution in [-0.2, 0) is 17.8 Å². The van der Waals surface area contributed by atoms with Gasteiger partial charge in [0.25, 0.3) is 0 Å². The number of nitrogens with zero attached hydrogens (tertiary/aromatic N) is 1. The van der Waals surface area contributed by atoms with E-state index in [1.807, 2.05) is 6.20 Å². The van der Waals surface area contributed by atoms with Gasteiger partial charge in [-0.05, 0) is 30.5 Å². The zero-order valence-corrected chi connectivity index (χ0v) is 13.9. The van der Waals surface area contributed by atoms with E-state index in [0.29, 0.717) is 6.54 Å². The third kappa shape index (κ3) is 4.61. The summed E-state index contributed by atoms with van der Waals surface area (Å²) in [6.45, 7) is 0.503. The fourth-order valence-corrected chi connectivity index (χ4v) is 3.88. The molecule has 5 heteroatoms. The highest BCUT2D eigenvalue weighted by Crippen LogP contribution is 2.24. The molecule has 1 aliphatic rings. The monoisotopic (exact) mass is 332 g/mol. The average Bonchev–Trinajstić information content (AvgIpc) is 3.03. The van der Waals surface area contributed by atoms with Crippen LogP contribution in [0.4, 0.5) is 4.39 Å². The molecule has 122 valence electrons. The molecule has 0 saturated heterocycles. The summed E-state index contributed by atoms with van der Waals surface area (Å²) in [5.74, 6) is 0.131. The molecule has 1 amide bonds. The van der Waals surface area contributed by atoms with Crippen LogP contribution in [0.2, 0.25) is 0 Å². The number of nitrogens with one attached hydrogen (secondary N) is 1. The van der Waals surface area contributed by atoms with Crippen molar-refractivity contribution in [1.82, 2.24) is 10.3 Å². The molecule has 1 aromatic carbocycles. The molecular formula is C18H21FN2OS. The average molecular weight is 332 g/mol. The summed E-state index contributed by atoms with van der Waals surface area (Å²) in [6.07, 6.45) is 8.20. The van der Waals surface area contributed by atoms with Gasteiger partial charge in [-0.2, -0.15) is 0 Å². The van der Waals surface area contributed by atoms with Crippen molar-refractivity contribution >= 4 is 17.2 Å². The van der Waals surface area contributed by atoms with Crippen LogP contribution in [0.25, 0.3) is 0 Å². The fourth-order valence-electron chi connectivity index (χ4n) is 2.99. The molecule has 1 aliphatic carbocycles. The number of hydrogen-bond donors (Lipinski definition) is 1. The van der Waals surface area contributed by atoms with Gasteiger partial charge in [0.1, 0.15) is 10.8 Å². The largest absolute Gasteiger partial charge is 0.349 e. The van der Waals surface area contributed by atoms with Crippen LogP contribution >= 0.6 is 11.3 Å². The maximum atomic E-state index is 12.9. The Morgan fingerprint density at radius 1 is 1.22 bits per heavy atom. The molecule has 1 fully saturated rings. The first-order valence-electron chi connectivity index (χ1n) is 8.16. The van der Waals surface area contributed by atoms with Crippen LogP contribution in [0.15, 0.2) is 30.5 Å². The van der Waals surface area contributed by atoms with Gasteiger partial charge < -0.3 is 5.32 Å². The number of hydrogen-bond acceptors (Lipinski definition) is 3. The highest BCUT2D eigenvalue weighted by molar-refractivity contribution is 7.11. The lowest BCUT2D eigenvalue weighted by Gasteiger charge is -2.20. The van der Waals surface area contributed by atoms with Crippen molar-refractivity contribution in [3.8, 4) is 0 Å². The normalized spacial score (nSPS) is 15.5. The molecule has 1 saturated carbocycles. The lowest BCUT2D eigenvalue weighted by atomic mass is 9.89. The van der Waals surface area contributed by atoms with Gasteiger partial charge in [0.2, 0.25) is 5.91 Å². The zero-order valence-electron chi connectivity index (χ0n) is 13.1. The maximum absolute atomic E-state index is 12.9. The fraction of sp³-hybridized carbons (Fsp3) is 0.444. The second kappa shape index (κ2) is 7.68. The molecule has 23 heavy (non-hydrogen) atoms. The van der Waals surface area contributed by atoms with Crippen molar-refractivity contribution < 1.29 is 9.18 Å². The Morgan fingerprint density at radius 3 is 2.70 bits per heavy atom. The highest BCUT2D eigenvalue weighted by atomic mass is 32.1. The Bertz CT molecular complexity index is 647. The SMILES string of the molecule is O=C(NCc1ncc(Cc2ccc(F)cc2)s1)C1CCCCC1. The van der Waals surface area contributed by atoms with Gasteiger partial charge in [-0.25, -0.2) is 9.37 Å². The lowest BCUT2D eigenvalue weighted by Crippen LogP contribution is -2.31. The minimum atomic E-state index is -0.218. The molecule has 0 bridgehead atoms. The maximum Gasteiger partial charge on any atom is 0.223 e. The van der Waals surface area contributed by atoms with E-state index in [1.165, 1.54) is 18.6 Å². The third-order valence-electron chi connectivity index (χ3n) is 4.28. The van der Waals surface area contributed by atoms with Crippen LogP contribution in [0.5, 0.6) is 0 Å². The Balaban J connectivity index is 1.50. The molecule has 2 aromatic rings. The molecule has 1 heterocycles. The molecule has 0 unspecified atom stereocenters. The Kier molecular flexibility index (Phi) is 5.39. The summed E-state index contributed by atoms with van der Waals surface area (Å²) < 4.78 is 12.9. The van der Waals surface area contributed by atoms with Gasteiger partial charge in [0, 0.05) is 23.4 Å². The highest BCUT2D eigenvalue weighted by Gasteiger charge is 2.20. The number of benzene rings is 1. The predicted molar refractivity (Wildman–Crippen MR) is 89.7 cm³/mol. The first-order valence-corrected chi connectivity index (χ1v) is 8.98. The Hall–Kier alpha value is -1.75. The molecule has 0 radical (unpaired) electrons. The predicted octanol–water partition coefficient (Wildman–Crippen LogP) is 4.07. The van der Waals surface area contributed by atoms with E-state index in [2.05, 4.69) is 10.3 Å². The van der Waals surface area contributed by atoms with Crippen molar-refractivity contribution in [3.63, 3.8) is 0 Å². The van der Waals surface area contributed by atoms with Gasteiger partial charge in [-0.3, -0.25) is 4.79 Å². The van der Waals surface area contributed by atoms with Gasteiger partial charge in [0.15, 0.2) is 0 Å². The summed E-state index contributed by atoms with van der Waals surface area (Å²) in [6, 6.07) is 6.53. The van der Waals surface area contributed by atoms with Gasteiger partial charge in [0.05, 0.1) is 6.54 Å². The number of aromatic nitrogens is 1.